The van der Waals surface area contributed by atoms with Crippen LogP contribution in [0.25, 0.3) is 0 Å². The molecule has 1 aromatic carbocycles. The molecule has 0 aromatic heterocycles. The third-order valence-corrected chi connectivity index (χ3v) is 4.53. The minimum absolute atomic E-state index is 0.0760. The lowest BCUT2D eigenvalue weighted by atomic mass is 9.84. The van der Waals surface area contributed by atoms with E-state index in [1.165, 1.54) is 45.6 Å². The molecule has 1 saturated carbocycles. The first-order chi connectivity index (χ1) is 9.76. The van der Waals surface area contributed by atoms with Crippen molar-refractivity contribution in [2.45, 2.75) is 51.0 Å². The molecule has 1 aromatic rings. The summed E-state index contributed by atoms with van der Waals surface area (Å²) in [5.41, 5.74) is 0.725. The Bertz CT molecular complexity index is 415. The Morgan fingerprint density at radius 3 is 2.70 bits per heavy atom. The predicted molar refractivity (Wildman–Crippen MR) is 80.6 cm³/mol. The van der Waals surface area contributed by atoms with Gasteiger partial charge in [-0.2, -0.15) is 0 Å². The zero-order chi connectivity index (χ0) is 14.4. The summed E-state index contributed by atoms with van der Waals surface area (Å²) in [6, 6.07) is 5.47. The van der Waals surface area contributed by atoms with Crippen LogP contribution < -0.4 is 10.1 Å². The Morgan fingerprint density at radius 1 is 1.30 bits per heavy atom. The second kappa shape index (κ2) is 7.63. The summed E-state index contributed by atoms with van der Waals surface area (Å²) in [5, 5.41) is 3.25. The highest BCUT2D eigenvalue weighted by Gasteiger charge is 2.20. The fourth-order valence-corrected chi connectivity index (χ4v) is 3.29. The van der Waals surface area contributed by atoms with Crippen molar-refractivity contribution >= 4 is 0 Å². The van der Waals surface area contributed by atoms with E-state index in [0.29, 0.717) is 5.75 Å². The van der Waals surface area contributed by atoms with Gasteiger partial charge in [0.05, 0.1) is 7.11 Å². The zero-order valence-electron chi connectivity index (χ0n) is 12.6. The van der Waals surface area contributed by atoms with Crippen molar-refractivity contribution < 1.29 is 9.13 Å². The largest absolute Gasteiger partial charge is 0.494 e. The van der Waals surface area contributed by atoms with Crippen LogP contribution >= 0.6 is 0 Å². The molecule has 3 heteroatoms. The Hall–Kier alpha value is -1.09. The quantitative estimate of drug-likeness (QED) is 0.830. The van der Waals surface area contributed by atoms with E-state index in [0.717, 1.165) is 17.9 Å². The molecule has 2 nitrogen and oxygen atoms in total. The summed E-state index contributed by atoms with van der Waals surface area (Å²) >= 11 is 0. The predicted octanol–water partition coefficient (Wildman–Crippen LogP) is 4.46. The maximum atomic E-state index is 14.3. The average molecular weight is 279 g/mol. The van der Waals surface area contributed by atoms with Gasteiger partial charge < -0.3 is 10.1 Å². The van der Waals surface area contributed by atoms with Gasteiger partial charge in [0.1, 0.15) is 0 Å². The topological polar surface area (TPSA) is 21.3 Å². The molecule has 0 bridgehead atoms. The molecule has 112 valence electrons. The lowest BCUT2D eigenvalue weighted by Gasteiger charge is -2.24. The summed E-state index contributed by atoms with van der Waals surface area (Å²) in [6.07, 6.45) is 8.97. The Morgan fingerprint density at radius 2 is 2.05 bits per heavy atom. The molecular formula is C17H26FNO. The SMILES string of the molecule is CNC(CCC1CCCCC1)c1cccc(OC)c1F. The van der Waals surface area contributed by atoms with Crippen LogP contribution in [-0.2, 0) is 0 Å². The van der Waals surface area contributed by atoms with Crippen LogP contribution in [0.4, 0.5) is 4.39 Å². The molecule has 0 saturated heterocycles. The highest BCUT2D eigenvalue weighted by Crippen LogP contribution is 2.32. The van der Waals surface area contributed by atoms with Gasteiger partial charge in [-0.15, -0.1) is 0 Å². The number of benzene rings is 1. The number of ether oxygens (including phenoxy) is 1. The number of hydrogen-bond donors (Lipinski definition) is 1. The molecule has 1 unspecified atom stereocenters. The van der Waals surface area contributed by atoms with Crippen LogP contribution in [-0.4, -0.2) is 14.2 Å². The van der Waals surface area contributed by atoms with E-state index < -0.39 is 0 Å². The van der Waals surface area contributed by atoms with Crippen molar-refractivity contribution in [3.8, 4) is 5.75 Å². The summed E-state index contributed by atoms with van der Waals surface area (Å²) in [6.45, 7) is 0. The van der Waals surface area contributed by atoms with Crippen LogP contribution in [0.2, 0.25) is 0 Å². The highest BCUT2D eigenvalue weighted by molar-refractivity contribution is 5.33. The van der Waals surface area contributed by atoms with E-state index in [4.69, 9.17) is 4.74 Å². The van der Waals surface area contributed by atoms with E-state index in [1.807, 2.05) is 19.2 Å². The fraction of sp³-hybridized carbons (Fsp3) is 0.647. The fourth-order valence-electron chi connectivity index (χ4n) is 3.29. The molecule has 1 N–H and O–H groups in total. The van der Waals surface area contributed by atoms with Gasteiger partial charge >= 0.3 is 0 Å². The first kappa shape index (κ1) is 15.3. The number of rotatable bonds is 6. The van der Waals surface area contributed by atoms with E-state index in [1.54, 1.807) is 6.07 Å². The molecular weight excluding hydrogens is 253 g/mol. The zero-order valence-corrected chi connectivity index (χ0v) is 12.6. The van der Waals surface area contributed by atoms with Crippen LogP contribution in [0.15, 0.2) is 18.2 Å². The first-order valence-corrected chi connectivity index (χ1v) is 7.76. The Labute approximate surface area is 121 Å². The molecule has 0 aliphatic heterocycles. The van der Waals surface area contributed by atoms with E-state index in [2.05, 4.69) is 5.32 Å². The maximum Gasteiger partial charge on any atom is 0.169 e. The lowest BCUT2D eigenvalue weighted by molar-refractivity contribution is 0.314. The van der Waals surface area contributed by atoms with Crippen molar-refractivity contribution in [1.82, 2.24) is 5.32 Å². The maximum absolute atomic E-state index is 14.3. The molecule has 2 rings (SSSR count). The third-order valence-electron chi connectivity index (χ3n) is 4.53. The highest BCUT2D eigenvalue weighted by atomic mass is 19.1. The second-order valence-electron chi connectivity index (χ2n) is 5.79. The summed E-state index contributed by atoms with van der Waals surface area (Å²) in [5.74, 6) is 0.937. The summed E-state index contributed by atoms with van der Waals surface area (Å²) in [4.78, 5) is 0. The molecule has 0 heterocycles. The second-order valence-corrected chi connectivity index (χ2v) is 5.79. The van der Waals surface area contributed by atoms with Crippen LogP contribution in [0.5, 0.6) is 5.75 Å². The molecule has 0 amide bonds. The molecule has 0 spiro atoms. The van der Waals surface area contributed by atoms with Crippen molar-refractivity contribution in [2.24, 2.45) is 5.92 Å². The summed E-state index contributed by atoms with van der Waals surface area (Å²) in [7, 11) is 3.42. The van der Waals surface area contributed by atoms with Gasteiger partial charge in [-0.05, 0) is 31.9 Å². The molecule has 20 heavy (non-hydrogen) atoms. The van der Waals surface area contributed by atoms with Gasteiger partial charge in [0.2, 0.25) is 0 Å². The normalized spacial score (nSPS) is 17.9. The van der Waals surface area contributed by atoms with Gasteiger partial charge in [0.25, 0.3) is 0 Å². The molecule has 1 atom stereocenters. The molecule has 1 aliphatic carbocycles. The van der Waals surface area contributed by atoms with Gasteiger partial charge in [-0.1, -0.05) is 44.2 Å². The van der Waals surface area contributed by atoms with Gasteiger partial charge in [-0.25, -0.2) is 4.39 Å². The minimum Gasteiger partial charge on any atom is -0.494 e. The van der Waals surface area contributed by atoms with Crippen molar-refractivity contribution in [3.63, 3.8) is 0 Å². The van der Waals surface area contributed by atoms with Gasteiger partial charge in [0.15, 0.2) is 11.6 Å². The number of hydrogen-bond acceptors (Lipinski definition) is 2. The average Bonchev–Trinajstić information content (AvgIpc) is 2.50. The van der Waals surface area contributed by atoms with E-state index >= 15 is 0 Å². The molecule has 1 fully saturated rings. The minimum atomic E-state index is -0.224. The van der Waals surface area contributed by atoms with Crippen molar-refractivity contribution in [2.75, 3.05) is 14.2 Å². The van der Waals surface area contributed by atoms with E-state index in [-0.39, 0.29) is 11.9 Å². The lowest BCUT2D eigenvalue weighted by Crippen LogP contribution is -2.19. The van der Waals surface area contributed by atoms with Gasteiger partial charge in [-0.3, -0.25) is 0 Å². The standard InChI is InChI=1S/C17H26FNO/c1-19-15(12-11-13-7-4-3-5-8-13)14-9-6-10-16(20-2)17(14)18/h6,9-10,13,15,19H,3-5,7-8,11-12H2,1-2H3. The monoisotopic (exact) mass is 279 g/mol. The van der Waals surface area contributed by atoms with Crippen LogP contribution in [0.1, 0.15) is 56.6 Å². The van der Waals surface area contributed by atoms with Crippen molar-refractivity contribution in [1.29, 1.82) is 0 Å². The Kier molecular flexibility index (Phi) is 5.84. The van der Waals surface area contributed by atoms with Crippen LogP contribution in [0, 0.1) is 11.7 Å². The first-order valence-electron chi connectivity index (χ1n) is 7.76. The van der Waals surface area contributed by atoms with E-state index in [9.17, 15) is 4.39 Å². The third kappa shape index (κ3) is 3.72. The smallest absolute Gasteiger partial charge is 0.169 e. The summed E-state index contributed by atoms with van der Waals surface area (Å²) < 4.78 is 19.4. The number of halogens is 1. The van der Waals surface area contributed by atoms with Gasteiger partial charge in [0, 0.05) is 11.6 Å². The Balaban J connectivity index is 2.00. The number of methoxy groups -OCH3 is 1. The number of nitrogens with one attached hydrogen (secondary N) is 1. The van der Waals surface area contributed by atoms with Crippen LogP contribution in [0.3, 0.4) is 0 Å². The molecule has 1 aliphatic rings. The molecule has 0 radical (unpaired) electrons. The van der Waals surface area contributed by atoms with Crippen molar-refractivity contribution in [3.05, 3.63) is 29.6 Å².